The van der Waals surface area contributed by atoms with E-state index in [2.05, 4.69) is 9.97 Å². The normalized spacial score (nSPS) is 16.4. The number of hydrogen-bond acceptors (Lipinski definition) is 2. The number of pyridine rings is 1. The van der Waals surface area contributed by atoms with Gasteiger partial charge < -0.3 is 8.97 Å². The maximum atomic E-state index is 13.6. The van der Waals surface area contributed by atoms with Crippen molar-refractivity contribution in [3.8, 4) is 22.5 Å². The van der Waals surface area contributed by atoms with E-state index in [1.165, 1.54) is 12.1 Å². The third kappa shape index (κ3) is 2.77. The minimum atomic E-state index is -2.65. The summed E-state index contributed by atoms with van der Waals surface area (Å²) in [6, 6.07) is 7.74. The second-order valence-corrected chi connectivity index (χ2v) is 7.41. The molecule has 8 heteroatoms. The van der Waals surface area contributed by atoms with Crippen molar-refractivity contribution < 1.29 is 13.2 Å². The molecule has 0 N–H and O–H groups in total. The van der Waals surface area contributed by atoms with Crippen LogP contribution in [0.15, 0.2) is 55.2 Å². The van der Waals surface area contributed by atoms with E-state index in [1.807, 2.05) is 28.9 Å². The minimum absolute atomic E-state index is 0.0155. The number of benzene rings is 1. The summed E-state index contributed by atoms with van der Waals surface area (Å²) in [6.07, 6.45) is 6.48. The van der Waals surface area contributed by atoms with Crippen molar-refractivity contribution in [2.24, 2.45) is 0 Å². The van der Waals surface area contributed by atoms with Gasteiger partial charge in [0.25, 0.3) is 5.92 Å². The zero-order chi connectivity index (χ0) is 19.5. The van der Waals surface area contributed by atoms with Gasteiger partial charge in [0.2, 0.25) is 0 Å². The van der Waals surface area contributed by atoms with Crippen molar-refractivity contribution in [1.82, 2.24) is 18.9 Å². The number of halogens is 4. The highest BCUT2D eigenvalue weighted by Crippen LogP contribution is 2.48. The fourth-order valence-electron chi connectivity index (χ4n) is 3.66. The van der Waals surface area contributed by atoms with E-state index in [4.69, 9.17) is 11.6 Å². The Labute approximate surface area is 163 Å². The lowest BCUT2D eigenvalue weighted by atomic mass is 9.87. The largest absolute Gasteiger partial charge is 0.326 e. The number of imidazole rings is 2. The number of nitrogens with zero attached hydrogens (tertiary/aromatic N) is 4. The maximum absolute atomic E-state index is 13.6. The fraction of sp³-hybridized carbons (Fsp3) is 0.200. The van der Waals surface area contributed by atoms with Crippen molar-refractivity contribution in [2.45, 2.75) is 24.8 Å². The molecule has 0 amide bonds. The van der Waals surface area contributed by atoms with Crippen LogP contribution in [-0.2, 0) is 0 Å². The van der Waals surface area contributed by atoms with Crippen LogP contribution in [0.3, 0.4) is 0 Å². The molecule has 5 rings (SSSR count). The van der Waals surface area contributed by atoms with Gasteiger partial charge >= 0.3 is 0 Å². The van der Waals surface area contributed by atoms with Crippen LogP contribution in [0.2, 0.25) is 5.02 Å². The molecule has 4 aromatic rings. The lowest BCUT2D eigenvalue weighted by Crippen LogP contribution is -2.37. The molecule has 0 radical (unpaired) electrons. The molecule has 0 saturated heterocycles. The summed E-state index contributed by atoms with van der Waals surface area (Å²) in [5, 5.41) is -0.0155. The van der Waals surface area contributed by atoms with Crippen molar-refractivity contribution in [3.63, 3.8) is 0 Å². The quantitative estimate of drug-likeness (QED) is 0.445. The van der Waals surface area contributed by atoms with Gasteiger partial charge in [0.05, 0.1) is 22.7 Å². The first-order chi connectivity index (χ1) is 13.4. The predicted molar refractivity (Wildman–Crippen MR) is 100 cm³/mol. The Bertz CT molecular complexity index is 1190. The summed E-state index contributed by atoms with van der Waals surface area (Å²) in [6.45, 7) is 0. The Hall–Kier alpha value is -2.80. The van der Waals surface area contributed by atoms with Gasteiger partial charge in [0, 0.05) is 48.6 Å². The first kappa shape index (κ1) is 17.3. The lowest BCUT2D eigenvalue weighted by molar-refractivity contribution is -0.103. The number of hydrogen-bond donors (Lipinski definition) is 0. The molecule has 1 aromatic carbocycles. The molecule has 0 bridgehead atoms. The summed E-state index contributed by atoms with van der Waals surface area (Å²) in [5.74, 6) is -3.18. The Morgan fingerprint density at radius 3 is 2.61 bits per heavy atom. The Morgan fingerprint density at radius 2 is 1.86 bits per heavy atom. The van der Waals surface area contributed by atoms with Gasteiger partial charge in [-0.05, 0) is 30.3 Å². The smallest absolute Gasteiger partial charge is 0.252 e. The molecule has 1 fully saturated rings. The third-order valence-corrected chi connectivity index (χ3v) is 5.40. The van der Waals surface area contributed by atoms with Crippen LogP contribution in [0.25, 0.3) is 28.2 Å². The Balaban J connectivity index is 1.69. The van der Waals surface area contributed by atoms with E-state index in [1.54, 1.807) is 23.2 Å². The van der Waals surface area contributed by atoms with Gasteiger partial charge in [0.1, 0.15) is 11.5 Å². The topological polar surface area (TPSA) is 35.1 Å². The van der Waals surface area contributed by atoms with Crippen LogP contribution in [0.1, 0.15) is 18.9 Å². The van der Waals surface area contributed by atoms with E-state index in [0.717, 1.165) is 11.2 Å². The minimum Gasteiger partial charge on any atom is -0.326 e. The van der Waals surface area contributed by atoms with Crippen LogP contribution in [0.5, 0.6) is 0 Å². The second-order valence-electron chi connectivity index (χ2n) is 7.01. The summed E-state index contributed by atoms with van der Waals surface area (Å²) in [7, 11) is 0. The second kappa shape index (κ2) is 6.10. The molecule has 0 spiro atoms. The number of fused-ring (bicyclic) bond motifs is 1. The predicted octanol–water partition coefficient (Wildman–Crippen LogP) is 5.63. The first-order valence-corrected chi connectivity index (χ1v) is 9.12. The zero-order valence-electron chi connectivity index (χ0n) is 14.5. The average molecular weight is 403 g/mol. The molecule has 0 aliphatic heterocycles. The van der Waals surface area contributed by atoms with E-state index in [-0.39, 0.29) is 23.9 Å². The van der Waals surface area contributed by atoms with Gasteiger partial charge in [-0.25, -0.2) is 23.1 Å². The summed E-state index contributed by atoms with van der Waals surface area (Å²) in [4.78, 5) is 8.69. The van der Waals surface area contributed by atoms with Gasteiger partial charge in [-0.15, -0.1) is 0 Å². The van der Waals surface area contributed by atoms with Crippen LogP contribution in [-0.4, -0.2) is 24.9 Å². The zero-order valence-corrected chi connectivity index (χ0v) is 15.2. The Kier molecular flexibility index (Phi) is 3.77. The lowest BCUT2D eigenvalue weighted by Gasteiger charge is -2.36. The Morgan fingerprint density at radius 1 is 1.07 bits per heavy atom. The molecule has 0 atom stereocenters. The molecule has 142 valence electrons. The monoisotopic (exact) mass is 402 g/mol. The molecule has 3 aromatic heterocycles. The van der Waals surface area contributed by atoms with Crippen molar-refractivity contribution in [2.75, 3.05) is 0 Å². The highest BCUT2D eigenvalue weighted by molar-refractivity contribution is 6.31. The highest BCUT2D eigenvalue weighted by Gasteiger charge is 2.47. The van der Waals surface area contributed by atoms with Crippen LogP contribution in [0, 0.1) is 5.82 Å². The average Bonchev–Trinajstić information content (AvgIpc) is 3.27. The van der Waals surface area contributed by atoms with Crippen molar-refractivity contribution in [3.05, 3.63) is 66.1 Å². The fourth-order valence-corrected chi connectivity index (χ4v) is 3.85. The third-order valence-electron chi connectivity index (χ3n) is 5.11. The summed E-state index contributed by atoms with van der Waals surface area (Å²) in [5.41, 5.74) is 3.46. The molecule has 4 nitrogen and oxygen atoms in total. The molecular formula is C20H14ClF3N4. The van der Waals surface area contributed by atoms with Crippen molar-refractivity contribution in [1.29, 1.82) is 0 Å². The molecule has 3 heterocycles. The molecule has 28 heavy (non-hydrogen) atoms. The van der Waals surface area contributed by atoms with Gasteiger partial charge in [-0.3, -0.25) is 0 Å². The summed E-state index contributed by atoms with van der Waals surface area (Å²) < 4.78 is 44.2. The standard InChI is InChI=1S/C20H14ClF3N4/c21-15-7-12(1-3-16(15)22)18-19(13-2-4-17-25-5-6-27(17)10-13)28(11-26-18)14-8-20(23,24)9-14/h1-7,10-11,14H,8-9H2. The van der Waals surface area contributed by atoms with E-state index in [0.29, 0.717) is 17.0 Å². The molecule has 0 unspecified atom stereocenters. The molecule has 1 aliphatic rings. The van der Waals surface area contributed by atoms with Gasteiger partial charge in [-0.2, -0.15) is 0 Å². The van der Waals surface area contributed by atoms with Gasteiger partial charge in [0.15, 0.2) is 0 Å². The van der Waals surface area contributed by atoms with E-state index in [9.17, 15) is 13.2 Å². The van der Waals surface area contributed by atoms with E-state index < -0.39 is 11.7 Å². The molecule has 1 aliphatic carbocycles. The number of aromatic nitrogens is 4. The van der Waals surface area contributed by atoms with E-state index >= 15 is 0 Å². The number of alkyl halides is 2. The summed E-state index contributed by atoms with van der Waals surface area (Å²) >= 11 is 5.95. The maximum Gasteiger partial charge on any atom is 0.252 e. The van der Waals surface area contributed by atoms with Gasteiger partial charge in [-0.1, -0.05) is 11.6 Å². The van der Waals surface area contributed by atoms with Crippen LogP contribution >= 0.6 is 11.6 Å². The van der Waals surface area contributed by atoms with Crippen LogP contribution < -0.4 is 0 Å². The first-order valence-electron chi connectivity index (χ1n) is 8.74. The number of rotatable bonds is 3. The highest BCUT2D eigenvalue weighted by atomic mass is 35.5. The van der Waals surface area contributed by atoms with Crippen LogP contribution in [0.4, 0.5) is 13.2 Å². The molecular weight excluding hydrogens is 389 g/mol. The molecule has 1 saturated carbocycles. The SMILES string of the molecule is Fc1ccc(-c2ncn(C3CC(F)(F)C3)c2-c2ccc3nccn3c2)cc1Cl. The van der Waals surface area contributed by atoms with Crippen molar-refractivity contribution >= 4 is 17.2 Å².